The highest BCUT2D eigenvalue weighted by molar-refractivity contribution is 5.79. The van der Waals surface area contributed by atoms with Crippen LogP contribution in [0, 0.1) is 0 Å². The van der Waals surface area contributed by atoms with Gasteiger partial charge in [0.05, 0.1) is 0 Å². The Bertz CT molecular complexity index is 505. The highest BCUT2D eigenvalue weighted by atomic mass is 19.4. The zero-order chi connectivity index (χ0) is 18.5. The number of halogens is 3. The van der Waals surface area contributed by atoms with Crippen molar-refractivity contribution in [1.29, 1.82) is 0 Å². The summed E-state index contributed by atoms with van der Waals surface area (Å²) < 4.78 is 45.4. The summed E-state index contributed by atoms with van der Waals surface area (Å²) in [6, 6.07) is 5.86. The Labute approximate surface area is 146 Å². The van der Waals surface area contributed by atoms with Gasteiger partial charge in [0.1, 0.15) is 5.75 Å². The molecule has 1 aromatic carbocycles. The summed E-state index contributed by atoms with van der Waals surface area (Å²) >= 11 is 0. The molecular weight excluding hydrogens is 335 g/mol. The number of rotatable bonds is 10. The van der Waals surface area contributed by atoms with Crippen LogP contribution in [0.4, 0.5) is 13.2 Å². The van der Waals surface area contributed by atoms with E-state index in [1.54, 1.807) is 19.2 Å². The van der Waals surface area contributed by atoms with Crippen LogP contribution < -0.4 is 15.4 Å². The van der Waals surface area contributed by atoms with Crippen molar-refractivity contribution in [3.8, 4) is 5.75 Å². The molecule has 0 bridgehead atoms. The van der Waals surface area contributed by atoms with Gasteiger partial charge < -0.3 is 20.1 Å². The molecule has 0 aromatic heterocycles. The van der Waals surface area contributed by atoms with Crippen molar-refractivity contribution in [2.75, 3.05) is 33.4 Å². The summed E-state index contributed by atoms with van der Waals surface area (Å²) in [4.78, 5) is 4.13. The predicted octanol–water partition coefficient (Wildman–Crippen LogP) is 3.11. The number of unbranched alkanes of at least 4 members (excludes halogenated alkanes) is 1. The van der Waals surface area contributed by atoms with Crippen LogP contribution in [-0.4, -0.2) is 45.7 Å². The summed E-state index contributed by atoms with van der Waals surface area (Å²) in [5.41, 5.74) is 0.911. The third-order valence-corrected chi connectivity index (χ3v) is 3.30. The first-order valence-electron chi connectivity index (χ1n) is 8.31. The Hall–Kier alpha value is -1.96. The first-order chi connectivity index (χ1) is 11.9. The molecule has 0 unspecified atom stereocenters. The summed E-state index contributed by atoms with van der Waals surface area (Å²) in [7, 11) is 1.69. The lowest BCUT2D eigenvalue weighted by Gasteiger charge is -2.12. The van der Waals surface area contributed by atoms with Gasteiger partial charge in [0.2, 0.25) is 0 Å². The van der Waals surface area contributed by atoms with E-state index in [1.807, 2.05) is 6.92 Å². The van der Waals surface area contributed by atoms with Crippen LogP contribution in [0.15, 0.2) is 29.3 Å². The number of alkyl halides is 3. The van der Waals surface area contributed by atoms with Crippen molar-refractivity contribution in [3.63, 3.8) is 0 Å². The van der Waals surface area contributed by atoms with Gasteiger partial charge in [0, 0.05) is 33.4 Å². The second-order valence-electron chi connectivity index (χ2n) is 5.27. The monoisotopic (exact) mass is 361 g/mol. The maximum absolute atomic E-state index is 12.1. The molecule has 0 aliphatic rings. The van der Waals surface area contributed by atoms with Gasteiger partial charge >= 0.3 is 6.36 Å². The second kappa shape index (κ2) is 11.6. The summed E-state index contributed by atoms with van der Waals surface area (Å²) in [5.74, 6) is 0.488. The van der Waals surface area contributed by atoms with Crippen molar-refractivity contribution in [1.82, 2.24) is 10.6 Å². The molecule has 0 fully saturated rings. The molecule has 0 saturated heterocycles. The molecule has 1 aromatic rings. The topological polar surface area (TPSA) is 54.9 Å². The molecular formula is C17H26F3N3O2. The van der Waals surface area contributed by atoms with Crippen LogP contribution in [-0.2, 0) is 11.2 Å². The van der Waals surface area contributed by atoms with E-state index in [2.05, 4.69) is 20.4 Å². The zero-order valence-electron chi connectivity index (χ0n) is 14.7. The van der Waals surface area contributed by atoms with Crippen LogP contribution in [0.5, 0.6) is 5.75 Å². The maximum atomic E-state index is 12.1. The van der Waals surface area contributed by atoms with Gasteiger partial charge in [-0.25, -0.2) is 0 Å². The largest absolute Gasteiger partial charge is 0.573 e. The lowest BCUT2D eigenvalue weighted by Crippen LogP contribution is -2.38. The molecule has 0 aliphatic heterocycles. The van der Waals surface area contributed by atoms with E-state index < -0.39 is 6.36 Å². The second-order valence-corrected chi connectivity index (χ2v) is 5.27. The number of hydrogen-bond donors (Lipinski definition) is 2. The van der Waals surface area contributed by atoms with E-state index in [1.165, 1.54) is 12.1 Å². The van der Waals surface area contributed by atoms with Crippen molar-refractivity contribution in [2.45, 2.75) is 32.5 Å². The van der Waals surface area contributed by atoms with E-state index in [-0.39, 0.29) is 5.75 Å². The van der Waals surface area contributed by atoms with Crippen LogP contribution in [0.25, 0.3) is 0 Å². The van der Waals surface area contributed by atoms with Crippen molar-refractivity contribution < 1.29 is 22.6 Å². The highest BCUT2D eigenvalue weighted by Gasteiger charge is 2.30. The molecule has 0 spiro atoms. The zero-order valence-corrected chi connectivity index (χ0v) is 14.7. The number of ether oxygens (including phenoxy) is 2. The molecule has 0 amide bonds. The fourth-order valence-electron chi connectivity index (χ4n) is 2.08. The van der Waals surface area contributed by atoms with Gasteiger partial charge in [-0.05, 0) is 43.9 Å². The molecule has 0 aliphatic carbocycles. The number of nitrogens with one attached hydrogen (secondary N) is 2. The molecule has 25 heavy (non-hydrogen) atoms. The van der Waals surface area contributed by atoms with Gasteiger partial charge in [-0.1, -0.05) is 12.1 Å². The maximum Gasteiger partial charge on any atom is 0.573 e. The van der Waals surface area contributed by atoms with Gasteiger partial charge in [-0.3, -0.25) is 4.99 Å². The van der Waals surface area contributed by atoms with Gasteiger partial charge in [-0.15, -0.1) is 13.2 Å². The van der Waals surface area contributed by atoms with E-state index in [4.69, 9.17) is 4.74 Å². The van der Waals surface area contributed by atoms with Gasteiger partial charge in [-0.2, -0.15) is 0 Å². The van der Waals surface area contributed by atoms with E-state index in [0.717, 1.165) is 38.2 Å². The first kappa shape index (κ1) is 21.1. The van der Waals surface area contributed by atoms with E-state index in [0.29, 0.717) is 18.9 Å². The number of hydrogen-bond acceptors (Lipinski definition) is 3. The number of nitrogens with zero attached hydrogens (tertiary/aromatic N) is 1. The first-order valence-corrected chi connectivity index (χ1v) is 8.31. The molecule has 1 rings (SSSR count). The molecule has 0 radical (unpaired) electrons. The Kier molecular flexibility index (Phi) is 9.76. The molecule has 8 heteroatoms. The fraction of sp³-hybridized carbons (Fsp3) is 0.588. The lowest BCUT2D eigenvalue weighted by atomic mass is 10.1. The average molecular weight is 361 g/mol. The van der Waals surface area contributed by atoms with Gasteiger partial charge in [0.25, 0.3) is 0 Å². The standard InChI is InChI=1S/C17H26F3N3O2/c1-3-24-13-5-4-11-22-16(21-2)23-12-10-14-6-8-15(9-7-14)25-17(18,19)20/h6-9H,3-5,10-13H2,1-2H3,(H2,21,22,23). The Morgan fingerprint density at radius 2 is 1.76 bits per heavy atom. The summed E-state index contributed by atoms with van der Waals surface area (Å²) in [6.07, 6.45) is -2.02. The minimum atomic E-state index is -4.66. The quantitative estimate of drug-likeness (QED) is 0.382. The minimum Gasteiger partial charge on any atom is -0.406 e. The number of guanidine groups is 1. The summed E-state index contributed by atoms with van der Waals surface area (Å²) in [5, 5.41) is 6.38. The molecule has 0 saturated carbocycles. The van der Waals surface area contributed by atoms with E-state index >= 15 is 0 Å². The van der Waals surface area contributed by atoms with Crippen LogP contribution in [0.1, 0.15) is 25.3 Å². The SMILES string of the molecule is CCOCCCCNC(=NC)NCCc1ccc(OC(F)(F)F)cc1. The normalized spacial score (nSPS) is 12.1. The lowest BCUT2D eigenvalue weighted by molar-refractivity contribution is -0.274. The van der Waals surface area contributed by atoms with Gasteiger partial charge in [0.15, 0.2) is 5.96 Å². The predicted molar refractivity (Wildman–Crippen MR) is 91.9 cm³/mol. The average Bonchev–Trinajstić information content (AvgIpc) is 2.56. The molecule has 0 heterocycles. The van der Waals surface area contributed by atoms with Crippen LogP contribution >= 0.6 is 0 Å². The van der Waals surface area contributed by atoms with Crippen molar-refractivity contribution in [2.24, 2.45) is 4.99 Å². The van der Waals surface area contributed by atoms with E-state index in [9.17, 15) is 13.2 Å². The Morgan fingerprint density at radius 3 is 2.36 bits per heavy atom. The highest BCUT2D eigenvalue weighted by Crippen LogP contribution is 2.22. The smallest absolute Gasteiger partial charge is 0.406 e. The fourth-order valence-corrected chi connectivity index (χ4v) is 2.08. The minimum absolute atomic E-state index is 0.214. The molecule has 0 atom stereocenters. The number of aliphatic imine (C=N–C) groups is 1. The Balaban J connectivity index is 2.23. The molecule has 142 valence electrons. The Morgan fingerprint density at radius 1 is 1.08 bits per heavy atom. The van der Waals surface area contributed by atoms with Crippen LogP contribution in [0.2, 0.25) is 0 Å². The number of benzene rings is 1. The van der Waals surface area contributed by atoms with Crippen molar-refractivity contribution >= 4 is 5.96 Å². The van der Waals surface area contributed by atoms with Crippen molar-refractivity contribution in [3.05, 3.63) is 29.8 Å². The third kappa shape index (κ3) is 10.5. The summed E-state index contributed by atoms with van der Waals surface area (Å²) in [6.45, 7) is 4.90. The van der Waals surface area contributed by atoms with Crippen LogP contribution in [0.3, 0.4) is 0 Å². The molecule has 5 nitrogen and oxygen atoms in total. The third-order valence-electron chi connectivity index (χ3n) is 3.30. The molecule has 2 N–H and O–H groups in total.